The molecule has 0 bridgehead atoms. The third kappa shape index (κ3) is 7.11. The van der Waals surface area contributed by atoms with Gasteiger partial charge in [-0.25, -0.2) is 8.42 Å². The van der Waals surface area contributed by atoms with Gasteiger partial charge in [0.05, 0.1) is 5.75 Å². The van der Waals surface area contributed by atoms with E-state index >= 15 is 0 Å². The molecule has 0 aromatic heterocycles. The molecule has 1 atom stereocenters. The summed E-state index contributed by atoms with van der Waals surface area (Å²) in [5.41, 5.74) is 4.58. The second kappa shape index (κ2) is 4.46. The van der Waals surface area contributed by atoms with Crippen LogP contribution >= 0.6 is 10.7 Å². The van der Waals surface area contributed by atoms with Crippen molar-refractivity contribution in [3.63, 3.8) is 0 Å². The SMILES string of the molecule is CC(C)(C)OC(=O)[C@@H](N)CS(=O)(=O)Cl. The van der Waals surface area contributed by atoms with Crippen molar-refractivity contribution >= 4 is 25.7 Å². The highest BCUT2D eigenvalue weighted by Crippen LogP contribution is 2.09. The van der Waals surface area contributed by atoms with E-state index in [0.29, 0.717) is 0 Å². The fourth-order valence-electron chi connectivity index (χ4n) is 0.660. The molecule has 0 rings (SSSR count). The average molecular weight is 244 g/mol. The van der Waals surface area contributed by atoms with Crippen molar-refractivity contribution in [3.8, 4) is 0 Å². The molecular weight excluding hydrogens is 230 g/mol. The molecule has 0 radical (unpaired) electrons. The molecule has 0 saturated carbocycles. The second-order valence-electron chi connectivity index (χ2n) is 3.85. The van der Waals surface area contributed by atoms with Gasteiger partial charge in [0, 0.05) is 10.7 Å². The van der Waals surface area contributed by atoms with E-state index in [2.05, 4.69) is 0 Å². The van der Waals surface area contributed by atoms with Crippen LogP contribution < -0.4 is 5.73 Å². The normalized spacial score (nSPS) is 14.9. The molecule has 0 spiro atoms. The Morgan fingerprint density at radius 3 is 2.21 bits per heavy atom. The van der Waals surface area contributed by atoms with Gasteiger partial charge in [-0.3, -0.25) is 4.79 Å². The third-order valence-corrected chi connectivity index (χ3v) is 2.22. The molecule has 0 aromatic carbocycles. The highest BCUT2D eigenvalue weighted by atomic mass is 35.7. The number of hydrogen-bond acceptors (Lipinski definition) is 5. The number of rotatable bonds is 3. The first kappa shape index (κ1) is 13.7. The zero-order chi connectivity index (χ0) is 11.6. The largest absolute Gasteiger partial charge is 0.459 e. The predicted molar refractivity (Wildman–Crippen MR) is 53.5 cm³/mol. The quantitative estimate of drug-likeness (QED) is 0.566. The lowest BCUT2D eigenvalue weighted by molar-refractivity contribution is -0.155. The zero-order valence-corrected chi connectivity index (χ0v) is 9.85. The van der Waals surface area contributed by atoms with Crippen molar-refractivity contribution in [2.24, 2.45) is 5.73 Å². The van der Waals surface area contributed by atoms with Crippen molar-refractivity contribution in [1.82, 2.24) is 0 Å². The summed E-state index contributed by atoms with van der Waals surface area (Å²) < 4.78 is 26.0. The summed E-state index contributed by atoms with van der Waals surface area (Å²) in [4.78, 5) is 11.2. The number of carbonyl (C=O) groups is 1. The summed E-state index contributed by atoms with van der Waals surface area (Å²) in [6.45, 7) is 4.98. The molecule has 0 aromatic rings. The van der Waals surface area contributed by atoms with E-state index in [1.54, 1.807) is 20.8 Å². The minimum absolute atomic E-state index is 0.622. The van der Waals surface area contributed by atoms with E-state index in [1.165, 1.54) is 0 Å². The van der Waals surface area contributed by atoms with Gasteiger partial charge in [-0.2, -0.15) is 0 Å². The van der Waals surface area contributed by atoms with Crippen LogP contribution in [0.5, 0.6) is 0 Å². The van der Waals surface area contributed by atoms with E-state index in [0.717, 1.165) is 0 Å². The van der Waals surface area contributed by atoms with E-state index in [4.69, 9.17) is 21.2 Å². The van der Waals surface area contributed by atoms with E-state index in [9.17, 15) is 13.2 Å². The summed E-state index contributed by atoms with van der Waals surface area (Å²) in [5.74, 6) is -1.40. The number of esters is 1. The molecule has 84 valence electrons. The van der Waals surface area contributed by atoms with Crippen LogP contribution in [0.2, 0.25) is 0 Å². The van der Waals surface area contributed by atoms with Crippen molar-refractivity contribution in [2.45, 2.75) is 32.4 Å². The lowest BCUT2D eigenvalue weighted by atomic mass is 10.2. The molecule has 0 saturated heterocycles. The van der Waals surface area contributed by atoms with Gasteiger partial charge in [-0.05, 0) is 20.8 Å². The Morgan fingerprint density at radius 1 is 1.50 bits per heavy atom. The van der Waals surface area contributed by atoms with Gasteiger partial charge < -0.3 is 10.5 Å². The van der Waals surface area contributed by atoms with Crippen LogP contribution in [0.1, 0.15) is 20.8 Å². The predicted octanol–water partition coefficient (Wildman–Crippen LogP) is 0.224. The summed E-state index contributed by atoms with van der Waals surface area (Å²) in [6, 6.07) is -1.24. The van der Waals surface area contributed by atoms with Crippen LogP contribution in [0.15, 0.2) is 0 Å². The van der Waals surface area contributed by atoms with Gasteiger partial charge in [0.15, 0.2) is 0 Å². The maximum Gasteiger partial charge on any atom is 0.324 e. The fraction of sp³-hybridized carbons (Fsp3) is 0.857. The molecule has 7 heteroatoms. The first-order chi connectivity index (χ1) is 6.01. The van der Waals surface area contributed by atoms with Crippen LogP contribution in [0.3, 0.4) is 0 Å². The van der Waals surface area contributed by atoms with Crippen LogP contribution in [-0.4, -0.2) is 31.8 Å². The number of ether oxygens (including phenoxy) is 1. The molecule has 0 fully saturated rings. The molecule has 2 N–H and O–H groups in total. The van der Waals surface area contributed by atoms with E-state index in [1.807, 2.05) is 0 Å². The lowest BCUT2D eigenvalue weighted by Crippen LogP contribution is -2.41. The van der Waals surface area contributed by atoms with Gasteiger partial charge in [-0.1, -0.05) is 0 Å². The average Bonchev–Trinajstić information content (AvgIpc) is 1.78. The Hall–Kier alpha value is -0.330. The van der Waals surface area contributed by atoms with Gasteiger partial charge in [0.25, 0.3) is 0 Å². The fourth-order valence-corrected chi connectivity index (χ4v) is 1.63. The smallest absolute Gasteiger partial charge is 0.324 e. The number of hydrogen-bond donors (Lipinski definition) is 1. The van der Waals surface area contributed by atoms with Gasteiger partial charge in [-0.15, -0.1) is 0 Å². The zero-order valence-electron chi connectivity index (χ0n) is 8.28. The molecule has 14 heavy (non-hydrogen) atoms. The Morgan fingerprint density at radius 2 is 1.93 bits per heavy atom. The molecule has 0 aliphatic carbocycles. The molecular formula is C7H14ClNO4S. The summed E-state index contributed by atoms with van der Waals surface area (Å²) >= 11 is 0. The topological polar surface area (TPSA) is 86.5 Å². The first-order valence-electron chi connectivity index (χ1n) is 3.92. The van der Waals surface area contributed by atoms with Crippen molar-refractivity contribution < 1.29 is 17.9 Å². The monoisotopic (exact) mass is 243 g/mol. The summed E-state index contributed by atoms with van der Waals surface area (Å²) in [7, 11) is 1.15. The van der Waals surface area contributed by atoms with Crippen molar-refractivity contribution in [3.05, 3.63) is 0 Å². The number of nitrogens with two attached hydrogens (primary N) is 1. The molecule has 0 amide bonds. The Kier molecular flexibility index (Phi) is 4.35. The van der Waals surface area contributed by atoms with Crippen molar-refractivity contribution in [1.29, 1.82) is 0 Å². The van der Waals surface area contributed by atoms with Gasteiger partial charge in [0.1, 0.15) is 11.6 Å². The van der Waals surface area contributed by atoms with Crippen LogP contribution in [0.4, 0.5) is 0 Å². The van der Waals surface area contributed by atoms with Crippen LogP contribution in [-0.2, 0) is 18.6 Å². The molecule has 0 aliphatic rings. The van der Waals surface area contributed by atoms with E-state index in [-0.39, 0.29) is 0 Å². The highest BCUT2D eigenvalue weighted by molar-refractivity contribution is 8.13. The minimum atomic E-state index is -3.78. The van der Waals surface area contributed by atoms with Crippen LogP contribution in [0, 0.1) is 0 Å². The van der Waals surface area contributed by atoms with Gasteiger partial charge >= 0.3 is 5.97 Å². The number of halogens is 1. The molecule has 0 heterocycles. The van der Waals surface area contributed by atoms with Gasteiger partial charge in [0.2, 0.25) is 9.05 Å². The summed E-state index contributed by atoms with van der Waals surface area (Å²) in [6.07, 6.45) is 0. The van der Waals surface area contributed by atoms with Crippen molar-refractivity contribution in [2.75, 3.05) is 5.75 Å². The Labute approximate surface area is 88.0 Å². The van der Waals surface area contributed by atoms with E-state index < -0.39 is 32.4 Å². The number of carbonyl (C=O) groups excluding carboxylic acids is 1. The molecule has 5 nitrogen and oxygen atoms in total. The third-order valence-electron chi connectivity index (χ3n) is 1.09. The minimum Gasteiger partial charge on any atom is -0.459 e. The molecule has 0 unspecified atom stereocenters. The molecule has 0 aliphatic heterocycles. The lowest BCUT2D eigenvalue weighted by Gasteiger charge is -2.21. The Balaban J connectivity index is 4.29. The summed E-state index contributed by atoms with van der Waals surface area (Å²) in [5, 5.41) is 0. The highest BCUT2D eigenvalue weighted by Gasteiger charge is 2.25. The second-order valence-corrected chi connectivity index (χ2v) is 6.67. The maximum absolute atomic E-state index is 11.2. The standard InChI is InChI=1S/C7H14ClNO4S/c1-7(2,3)13-6(10)5(9)4-14(8,11)12/h5H,4,9H2,1-3H3/t5-/m0/s1. The first-order valence-corrected chi connectivity index (χ1v) is 6.40. The van der Waals surface area contributed by atoms with Crippen LogP contribution in [0.25, 0.3) is 0 Å². The maximum atomic E-state index is 11.2. The Bertz CT molecular complexity index is 306.